The molecule has 0 amide bonds. The number of hydrogen-bond acceptors (Lipinski definition) is 4. The van der Waals surface area contributed by atoms with Crippen molar-refractivity contribution in [1.29, 1.82) is 0 Å². The molecule has 0 aliphatic heterocycles. The van der Waals surface area contributed by atoms with Gasteiger partial charge in [0.25, 0.3) is 0 Å². The fourth-order valence-electron chi connectivity index (χ4n) is 1.88. The van der Waals surface area contributed by atoms with E-state index in [1.807, 2.05) is 20.0 Å². The van der Waals surface area contributed by atoms with Gasteiger partial charge in [-0.2, -0.15) is 0 Å². The van der Waals surface area contributed by atoms with Gasteiger partial charge in [0, 0.05) is 13.1 Å². The number of nitrogens with one attached hydrogen (secondary N) is 1. The molecular weight excluding hydrogens is 250 g/mol. The Bertz CT molecular complexity index is 603. The Morgan fingerprint density at radius 2 is 1.85 bits per heavy atom. The van der Waals surface area contributed by atoms with Crippen molar-refractivity contribution in [3.05, 3.63) is 41.7 Å². The van der Waals surface area contributed by atoms with E-state index >= 15 is 0 Å². The maximum atomic E-state index is 5.83. The maximum Gasteiger partial charge on any atom is 0.224 e. The van der Waals surface area contributed by atoms with Gasteiger partial charge in [0.2, 0.25) is 5.88 Å². The van der Waals surface area contributed by atoms with Gasteiger partial charge < -0.3 is 10.1 Å². The molecule has 4 heteroatoms. The lowest BCUT2D eigenvalue weighted by atomic mass is 9.86. The zero-order valence-electron chi connectivity index (χ0n) is 12.7. The van der Waals surface area contributed by atoms with E-state index in [-0.39, 0.29) is 5.41 Å². The van der Waals surface area contributed by atoms with Crippen LogP contribution in [0.4, 0.5) is 5.82 Å². The van der Waals surface area contributed by atoms with E-state index in [0.29, 0.717) is 5.88 Å². The SMILES string of the molecule is CNc1cc(Oc2ccc(C(C)(C)C)cc2C)ncn1. The van der Waals surface area contributed by atoms with Gasteiger partial charge in [0.05, 0.1) is 0 Å². The third-order valence-corrected chi connectivity index (χ3v) is 3.15. The minimum absolute atomic E-state index is 0.136. The molecule has 1 N–H and O–H groups in total. The summed E-state index contributed by atoms with van der Waals surface area (Å²) in [5.74, 6) is 2.09. The van der Waals surface area contributed by atoms with Crippen LogP contribution in [0.15, 0.2) is 30.6 Å². The predicted molar refractivity (Wildman–Crippen MR) is 81.5 cm³/mol. The summed E-state index contributed by atoms with van der Waals surface area (Å²) in [6, 6.07) is 8.03. The summed E-state index contributed by atoms with van der Waals surface area (Å²) in [7, 11) is 1.81. The second-order valence-electron chi connectivity index (χ2n) is 5.82. The molecule has 2 rings (SSSR count). The molecule has 0 spiro atoms. The van der Waals surface area contributed by atoms with E-state index in [1.54, 1.807) is 6.07 Å². The topological polar surface area (TPSA) is 47.0 Å². The minimum atomic E-state index is 0.136. The van der Waals surface area contributed by atoms with Crippen LogP contribution in [0, 0.1) is 6.92 Å². The molecule has 0 atom stereocenters. The second kappa shape index (κ2) is 5.49. The molecule has 1 aromatic carbocycles. The Labute approximate surface area is 120 Å². The molecular formula is C16H21N3O. The van der Waals surface area contributed by atoms with Crippen LogP contribution in [-0.4, -0.2) is 17.0 Å². The minimum Gasteiger partial charge on any atom is -0.439 e. The summed E-state index contributed by atoms with van der Waals surface area (Å²) in [6.07, 6.45) is 1.49. The van der Waals surface area contributed by atoms with Crippen LogP contribution in [0.2, 0.25) is 0 Å². The van der Waals surface area contributed by atoms with Gasteiger partial charge in [0.1, 0.15) is 17.9 Å². The van der Waals surface area contributed by atoms with Gasteiger partial charge >= 0.3 is 0 Å². The molecule has 1 heterocycles. The van der Waals surface area contributed by atoms with E-state index in [1.165, 1.54) is 11.9 Å². The average Bonchev–Trinajstić information content (AvgIpc) is 2.40. The van der Waals surface area contributed by atoms with Gasteiger partial charge in [-0.15, -0.1) is 0 Å². The number of benzene rings is 1. The molecule has 106 valence electrons. The highest BCUT2D eigenvalue weighted by Gasteiger charge is 2.15. The Hall–Kier alpha value is -2.10. The number of ether oxygens (including phenoxy) is 1. The first-order valence-electron chi connectivity index (χ1n) is 6.69. The lowest BCUT2D eigenvalue weighted by molar-refractivity contribution is 0.457. The van der Waals surface area contributed by atoms with Gasteiger partial charge in [-0.25, -0.2) is 9.97 Å². The van der Waals surface area contributed by atoms with Crippen molar-refractivity contribution in [2.75, 3.05) is 12.4 Å². The monoisotopic (exact) mass is 271 g/mol. The molecule has 4 nitrogen and oxygen atoms in total. The number of aromatic nitrogens is 2. The third kappa shape index (κ3) is 3.26. The van der Waals surface area contributed by atoms with Gasteiger partial charge in [-0.3, -0.25) is 0 Å². The van der Waals surface area contributed by atoms with Crippen molar-refractivity contribution in [3.8, 4) is 11.6 Å². The van der Waals surface area contributed by atoms with Crippen LogP contribution in [0.1, 0.15) is 31.9 Å². The van der Waals surface area contributed by atoms with Gasteiger partial charge in [-0.05, 0) is 29.5 Å². The summed E-state index contributed by atoms with van der Waals surface area (Å²) >= 11 is 0. The summed E-state index contributed by atoms with van der Waals surface area (Å²) in [5, 5.41) is 2.97. The summed E-state index contributed by atoms with van der Waals surface area (Å²) in [6.45, 7) is 8.65. The van der Waals surface area contributed by atoms with E-state index in [2.05, 4.69) is 48.2 Å². The fourth-order valence-corrected chi connectivity index (χ4v) is 1.88. The average molecular weight is 271 g/mol. The van der Waals surface area contributed by atoms with Crippen LogP contribution >= 0.6 is 0 Å². The molecule has 0 saturated heterocycles. The molecule has 0 aliphatic rings. The highest BCUT2D eigenvalue weighted by molar-refractivity contribution is 5.42. The maximum absolute atomic E-state index is 5.83. The van der Waals surface area contributed by atoms with E-state index in [4.69, 9.17) is 4.74 Å². The van der Waals surface area contributed by atoms with Crippen molar-refractivity contribution in [2.45, 2.75) is 33.1 Å². The number of anilines is 1. The first-order valence-corrected chi connectivity index (χ1v) is 6.69. The Kier molecular flexibility index (Phi) is 3.93. The van der Waals surface area contributed by atoms with Crippen LogP contribution in [-0.2, 0) is 5.41 Å². The normalized spacial score (nSPS) is 11.2. The lowest BCUT2D eigenvalue weighted by Gasteiger charge is -2.20. The zero-order valence-corrected chi connectivity index (χ0v) is 12.7. The largest absolute Gasteiger partial charge is 0.439 e. The number of aryl methyl sites for hydroxylation is 1. The summed E-state index contributed by atoms with van der Waals surface area (Å²) in [4.78, 5) is 8.19. The van der Waals surface area contributed by atoms with Crippen LogP contribution in [0.5, 0.6) is 11.6 Å². The molecule has 0 bridgehead atoms. The van der Waals surface area contributed by atoms with Crippen LogP contribution < -0.4 is 10.1 Å². The molecule has 0 saturated carbocycles. The molecule has 0 aliphatic carbocycles. The lowest BCUT2D eigenvalue weighted by Crippen LogP contribution is -2.11. The Morgan fingerprint density at radius 3 is 2.45 bits per heavy atom. The first-order chi connectivity index (χ1) is 9.40. The fraction of sp³-hybridized carbons (Fsp3) is 0.375. The number of nitrogens with zero attached hydrogens (tertiary/aromatic N) is 2. The highest BCUT2D eigenvalue weighted by atomic mass is 16.5. The molecule has 2 aromatic rings. The smallest absolute Gasteiger partial charge is 0.224 e. The van der Waals surface area contributed by atoms with Gasteiger partial charge in [0.15, 0.2) is 0 Å². The van der Waals surface area contributed by atoms with E-state index in [9.17, 15) is 0 Å². The first kappa shape index (κ1) is 14.3. The van der Waals surface area contributed by atoms with Crippen molar-refractivity contribution in [2.24, 2.45) is 0 Å². The summed E-state index contributed by atoms with van der Waals surface area (Å²) in [5.41, 5.74) is 2.53. The predicted octanol–water partition coefficient (Wildman–Crippen LogP) is 3.92. The van der Waals surface area contributed by atoms with Gasteiger partial charge in [-0.1, -0.05) is 32.9 Å². The van der Waals surface area contributed by atoms with Crippen molar-refractivity contribution < 1.29 is 4.74 Å². The quantitative estimate of drug-likeness (QED) is 0.919. The highest BCUT2D eigenvalue weighted by Crippen LogP contribution is 2.29. The van der Waals surface area contributed by atoms with Crippen LogP contribution in [0.25, 0.3) is 0 Å². The second-order valence-corrected chi connectivity index (χ2v) is 5.82. The third-order valence-electron chi connectivity index (χ3n) is 3.15. The zero-order chi connectivity index (χ0) is 14.8. The molecule has 20 heavy (non-hydrogen) atoms. The molecule has 0 unspecified atom stereocenters. The van der Waals surface area contributed by atoms with Crippen molar-refractivity contribution in [3.63, 3.8) is 0 Å². The summed E-state index contributed by atoms with van der Waals surface area (Å²) < 4.78 is 5.83. The standard InChI is InChI=1S/C16H21N3O/c1-11-8-12(16(2,3)4)6-7-13(11)20-15-9-14(17-5)18-10-19-15/h6-10H,1-5H3,(H,17,18,19). The molecule has 1 aromatic heterocycles. The van der Waals surface area contributed by atoms with Crippen molar-refractivity contribution >= 4 is 5.82 Å². The molecule has 0 radical (unpaired) electrons. The Balaban J connectivity index is 2.25. The van der Waals surface area contributed by atoms with E-state index < -0.39 is 0 Å². The van der Waals surface area contributed by atoms with Crippen LogP contribution in [0.3, 0.4) is 0 Å². The number of hydrogen-bond donors (Lipinski definition) is 1. The molecule has 0 fully saturated rings. The van der Waals surface area contributed by atoms with Crippen molar-refractivity contribution in [1.82, 2.24) is 9.97 Å². The van der Waals surface area contributed by atoms with E-state index in [0.717, 1.165) is 17.1 Å². The number of rotatable bonds is 3. The Morgan fingerprint density at radius 1 is 1.10 bits per heavy atom.